The summed E-state index contributed by atoms with van der Waals surface area (Å²) in [4.78, 5) is 17.0. The predicted molar refractivity (Wildman–Crippen MR) is 70.7 cm³/mol. The van der Waals surface area contributed by atoms with E-state index in [-0.39, 0.29) is 5.97 Å². The molecule has 2 aromatic rings. The highest BCUT2D eigenvalue weighted by Crippen LogP contribution is 2.17. The fourth-order valence-electron chi connectivity index (χ4n) is 1.79. The standard InChI is InChI=1S/C12H17N3O2S/c1-8-9(15-5-6-18-11(15)14-8)7-13-12(2,3)10(16)17-4/h5-6,13H,7H2,1-4H3. The molecule has 5 nitrogen and oxygen atoms in total. The molecule has 0 amide bonds. The minimum atomic E-state index is -0.707. The second kappa shape index (κ2) is 4.70. The van der Waals surface area contributed by atoms with Crippen LogP contribution in [0.4, 0.5) is 0 Å². The molecule has 2 aromatic heterocycles. The Hall–Kier alpha value is -1.40. The molecule has 1 N–H and O–H groups in total. The zero-order valence-corrected chi connectivity index (χ0v) is 11.8. The van der Waals surface area contributed by atoms with Crippen LogP contribution in [0.1, 0.15) is 25.2 Å². The van der Waals surface area contributed by atoms with E-state index in [1.54, 1.807) is 25.2 Å². The maximum atomic E-state index is 11.6. The second-order valence-corrected chi connectivity index (χ2v) is 5.54. The Morgan fingerprint density at radius 1 is 1.61 bits per heavy atom. The third kappa shape index (κ3) is 2.26. The molecule has 6 heteroatoms. The molecule has 0 atom stereocenters. The van der Waals surface area contributed by atoms with Crippen molar-refractivity contribution >= 4 is 22.3 Å². The summed E-state index contributed by atoms with van der Waals surface area (Å²) in [5.41, 5.74) is 1.35. The van der Waals surface area contributed by atoms with Crippen LogP contribution in [0.25, 0.3) is 4.96 Å². The molecular formula is C12H17N3O2S. The van der Waals surface area contributed by atoms with Crippen molar-refractivity contribution in [1.29, 1.82) is 0 Å². The highest BCUT2D eigenvalue weighted by atomic mass is 32.1. The maximum absolute atomic E-state index is 11.6. The van der Waals surface area contributed by atoms with E-state index < -0.39 is 5.54 Å². The number of ether oxygens (including phenoxy) is 1. The number of carbonyl (C=O) groups excluding carboxylic acids is 1. The van der Waals surface area contributed by atoms with Crippen LogP contribution < -0.4 is 5.32 Å². The summed E-state index contributed by atoms with van der Waals surface area (Å²) in [5.74, 6) is -0.272. The highest BCUT2D eigenvalue weighted by Gasteiger charge is 2.28. The Bertz CT molecular complexity index is 571. The largest absolute Gasteiger partial charge is 0.468 e. The lowest BCUT2D eigenvalue weighted by atomic mass is 10.1. The topological polar surface area (TPSA) is 55.6 Å². The molecule has 0 spiro atoms. The first-order valence-electron chi connectivity index (χ1n) is 5.70. The van der Waals surface area contributed by atoms with Crippen LogP contribution in [-0.2, 0) is 16.1 Å². The lowest BCUT2D eigenvalue weighted by molar-refractivity contribution is -0.147. The zero-order chi connectivity index (χ0) is 13.3. The third-order valence-electron chi connectivity index (χ3n) is 2.95. The number of esters is 1. The van der Waals surface area contributed by atoms with Crippen LogP contribution in [0, 0.1) is 6.92 Å². The SMILES string of the molecule is COC(=O)C(C)(C)NCc1c(C)nc2sccn12. The van der Waals surface area contributed by atoms with Gasteiger partial charge in [0.2, 0.25) is 0 Å². The van der Waals surface area contributed by atoms with Gasteiger partial charge in [-0.25, -0.2) is 4.98 Å². The minimum absolute atomic E-state index is 0.272. The van der Waals surface area contributed by atoms with Gasteiger partial charge in [-0.3, -0.25) is 14.5 Å². The van der Waals surface area contributed by atoms with E-state index >= 15 is 0 Å². The summed E-state index contributed by atoms with van der Waals surface area (Å²) in [6.45, 7) is 6.16. The number of carbonyl (C=O) groups is 1. The normalized spacial score (nSPS) is 12.0. The van der Waals surface area contributed by atoms with Gasteiger partial charge >= 0.3 is 5.97 Å². The molecule has 2 rings (SSSR count). The molecule has 0 radical (unpaired) electrons. The lowest BCUT2D eigenvalue weighted by Gasteiger charge is -2.23. The number of fused-ring (bicyclic) bond motifs is 1. The molecule has 18 heavy (non-hydrogen) atoms. The molecular weight excluding hydrogens is 250 g/mol. The zero-order valence-electron chi connectivity index (χ0n) is 11.0. The first kappa shape index (κ1) is 13.0. The number of imidazole rings is 1. The number of aromatic nitrogens is 2. The third-order valence-corrected chi connectivity index (χ3v) is 3.71. The van der Waals surface area contributed by atoms with Gasteiger partial charge in [0.05, 0.1) is 18.5 Å². The van der Waals surface area contributed by atoms with Crippen molar-refractivity contribution in [3.05, 3.63) is 23.0 Å². The van der Waals surface area contributed by atoms with Crippen LogP contribution in [-0.4, -0.2) is 28.0 Å². The van der Waals surface area contributed by atoms with Crippen molar-refractivity contribution in [3.8, 4) is 0 Å². The Balaban J connectivity index is 2.17. The predicted octanol–water partition coefficient (Wildman–Crippen LogP) is 1.75. The van der Waals surface area contributed by atoms with Crippen molar-refractivity contribution in [2.75, 3.05) is 7.11 Å². The Morgan fingerprint density at radius 2 is 2.33 bits per heavy atom. The number of nitrogens with zero attached hydrogens (tertiary/aromatic N) is 2. The summed E-state index contributed by atoms with van der Waals surface area (Å²) < 4.78 is 6.81. The molecule has 0 aliphatic rings. The smallest absolute Gasteiger partial charge is 0.325 e. The van der Waals surface area contributed by atoms with Gasteiger partial charge in [-0.1, -0.05) is 0 Å². The number of hydrogen-bond acceptors (Lipinski definition) is 5. The summed E-state index contributed by atoms with van der Waals surface area (Å²) >= 11 is 1.60. The molecule has 0 fully saturated rings. The van der Waals surface area contributed by atoms with E-state index in [0.29, 0.717) is 6.54 Å². The highest BCUT2D eigenvalue weighted by molar-refractivity contribution is 7.15. The monoisotopic (exact) mass is 267 g/mol. The van der Waals surface area contributed by atoms with Gasteiger partial charge in [0.1, 0.15) is 5.54 Å². The van der Waals surface area contributed by atoms with Gasteiger partial charge in [0.15, 0.2) is 4.96 Å². The minimum Gasteiger partial charge on any atom is -0.468 e. The van der Waals surface area contributed by atoms with Gasteiger partial charge in [-0.2, -0.15) is 0 Å². The van der Waals surface area contributed by atoms with Gasteiger partial charge in [-0.05, 0) is 20.8 Å². The van der Waals surface area contributed by atoms with Crippen LogP contribution in [0.3, 0.4) is 0 Å². The molecule has 0 aliphatic heterocycles. The van der Waals surface area contributed by atoms with Gasteiger partial charge < -0.3 is 4.74 Å². The fraction of sp³-hybridized carbons (Fsp3) is 0.500. The Morgan fingerprint density at radius 3 is 3.00 bits per heavy atom. The van der Waals surface area contributed by atoms with Crippen molar-refractivity contribution in [1.82, 2.24) is 14.7 Å². The average molecular weight is 267 g/mol. The number of methoxy groups -OCH3 is 1. The summed E-state index contributed by atoms with van der Waals surface area (Å²) in [6.07, 6.45) is 1.99. The van der Waals surface area contributed by atoms with Gasteiger partial charge in [-0.15, -0.1) is 11.3 Å². The van der Waals surface area contributed by atoms with Crippen molar-refractivity contribution in [2.45, 2.75) is 32.9 Å². The molecule has 98 valence electrons. The van der Waals surface area contributed by atoms with Gasteiger partial charge in [0.25, 0.3) is 0 Å². The molecule has 0 saturated heterocycles. The van der Waals surface area contributed by atoms with Crippen LogP contribution in [0.15, 0.2) is 11.6 Å². The van der Waals surface area contributed by atoms with Crippen molar-refractivity contribution in [2.24, 2.45) is 0 Å². The van der Waals surface area contributed by atoms with Crippen LogP contribution in [0.2, 0.25) is 0 Å². The van der Waals surface area contributed by atoms with Crippen LogP contribution in [0.5, 0.6) is 0 Å². The summed E-state index contributed by atoms with van der Waals surface area (Å²) in [7, 11) is 1.40. The number of rotatable bonds is 4. The van der Waals surface area contributed by atoms with E-state index in [0.717, 1.165) is 16.3 Å². The van der Waals surface area contributed by atoms with E-state index in [1.807, 2.05) is 22.9 Å². The number of aryl methyl sites for hydroxylation is 1. The quantitative estimate of drug-likeness (QED) is 0.857. The lowest BCUT2D eigenvalue weighted by Crippen LogP contribution is -2.47. The summed E-state index contributed by atoms with van der Waals surface area (Å²) in [6, 6.07) is 0. The first-order valence-corrected chi connectivity index (χ1v) is 6.58. The molecule has 2 heterocycles. The van der Waals surface area contributed by atoms with Crippen molar-refractivity contribution < 1.29 is 9.53 Å². The Labute approximate surface area is 110 Å². The fourth-order valence-corrected chi connectivity index (χ4v) is 2.56. The summed E-state index contributed by atoms with van der Waals surface area (Å²) in [5, 5.41) is 5.20. The number of nitrogens with one attached hydrogen (secondary N) is 1. The molecule has 0 bridgehead atoms. The number of hydrogen-bond donors (Lipinski definition) is 1. The molecule has 0 unspecified atom stereocenters. The van der Waals surface area contributed by atoms with E-state index in [9.17, 15) is 4.79 Å². The maximum Gasteiger partial charge on any atom is 0.325 e. The first-order chi connectivity index (χ1) is 8.45. The average Bonchev–Trinajstić information content (AvgIpc) is 2.86. The molecule has 0 saturated carbocycles. The van der Waals surface area contributed by atoms with Crippen LogP contribution >= 0.6 is 11.3 Å². The molecule has 0 aliphatic carbocycles. The Kier molecular flexibility index (Phi) is 3.41. The van der Waals surface area contributed by atoms with E-state index in [2.05, 4.69) is 10.3 Å². The number of thiazole rings is 1. The molecule has 0 aromatic carbocycles. The van der Waals surface area contributed by atoms with Crippen molar-refractivity contribution in [3.63, 3.8) is 0 Å². The van der Waals surface area contributed by atoms with Gasteiger partial charge in [0, 0.05) is 18.1 Å². The van der Waals surface area contributed by atoms with E-state index in [4.69, 9.17) is 4.74 Å². The second-order valence-electron chi connectivity index (χ2n) is 4.67. The van der Waals surface area contributed by atoms with E-state index in [1.165, 1.54) is 7.11 Å².